The molecule has 9 heteroatoms. The maximum atomic E-state index is 13.1. The molecule has 0 spiro atoms. The third kappa shape index (κ3) is 4.17. The van der Waals surface area contributed by atoms with Crippen LogP contribution in [0.5, 0.6) is 11.5 Å². The highest BCUT2D eigenvalue weighted by Gasteiger charge is 2.40. The number of nitrogens with zero attached hydrogens (tertiary/aromatic N) is 2. The van der Waals surface area contributed by atoms with E-state index in [1.54, 1.807) is 12.1 Å². The smallest absolute Gasteiger partial charge is 0.425 e. The number of likely N-dealkylation sites (tertiary alicyclic amines) is 1. The highest BCUT2D eigenvalue weighted by Crippen LogP contribution is 2.38. The zero-order valence-corrected chi connectivity index (χ0v) is 16.2. The molecule has 158 valence electrons. The van der Waals surface area contributed by atoms with Crippen LogP contribution in [0, 0.1) is 17.1 Å². The number of ether oxygens (including phenoxy) is 2. The molecule has 3 rings (SSSR count). The van der Waals surface area contributed by atoms with Crippen molar-refractivity contribution < 1.29 is 31.8 Å². The molecule has 1 aliphatic heterocycles. The second-order valence-electron chi connectivity index (χ2n) is 6.89. The third-order valence-corrected chi connectivity index (χ3v) is 4.93. The van der Waals surface area contributed by atoms with Crippen LogP contribution in [0.2, 0.25) is 0 Å². The Labute approximate surface area is 170 Å². The molecule has 1 fully saturated rings. The molecule has 1 saturated heterocycles. The minimum atomic E-state index is -4.63. The molecule has 0 N–H and O–H groups in total. The molecule has 0 saturated carbocycles. The molecule has 0 aliphatic carbocycles. The Balaban J connectivity index is 1.88. The van der Waals surface area contributed by atoms with E-state index in [9.17, 15) is 27.6 Å². The topological polar surface area (TPSA) is 62.6 Å². The van der Waals surface area contributed by atoms with Gasteiger partial charge in [0, 0.05) is 19.0 Å². The number of methoxy groups -OCH3 is 1. The molecular formula is C21H18F4N2O3. The highest BCUT2D eigenvalue weighted by atomic mass is 19.4. The van der Waals surface area contributed by atoms with Gasteiger partial charge in [-0.05, 0) is 36.8 Å². The maximum absolute atomic E-state index is 13.1. The summed E-state index contributed by atoms with van der Waals surface area (Å²) in [7, 11) is 1.22. The normalized spacial score (nSPS) is 15.2. The lowest BCUT2D eigenvalue weighted by atomic mass is 9.90. The molecule has 1 atom stereocenters. The molecule has 2 aromatic carbocycles. The summed E-state index contributed by atoms with van der Waals surface area (Å²) in [6, 6.07) is 10.2. The standard InChI is InChI=1S/C21H18F4N2O3/c1-12(21(23,24)25)30-17-8-5-14(9-26)19(29-2)18(17)20(28)27-10-15(11-27)13-3-6-16(22)7-4-13/h3-8,12,15H,10-11H2,1-2H3. The van der Waals surface area contributed by atoms with Crippen LogP contribution in [0.1, 0.15) is 34.3 Å². The van der Waals surface area contributed by atoms with Crippen LogP contribution >= 0.6 is 0 Å². The molecule has 0 bridgehead atoms. The Morgan fingerprint density at radius 3 is 2.37 bits per heavy atom. The average Bonchev–Trinajstić information content (AvgIpc) is 2.66. The van der Waals surface area contributed by atoms with Crippen LogP contribution in [0.25, 0.3) is 0 Å². The average molecular weight is 422 g/mol. The highest BCUT2D eigenvalue weighted by molar-refractivity contribution is 6.01. The van der Waals surface area contributed by atoms with E-state index in [0.717, 1.165) is 18.6 Å². The van der Waals surface area contributed by atoms with Crippen LogP contribution in [-0.4, -0.2) is 43.3 Å². The summed E-state index contributed by atoms with van der Waals surface area (Å²) in [5.74, 6) is -1.46. The van der Waals surface area contributed by atoms with Gasteiger partial charge in [0.1, 0.15) is 23.2 Å². The predicted molar refractivity (Wildman–Crippen MR) is 98.9 cm³/mol. The summed E-state index contributed by atoms with van der Waals surface area (Å²) >= 11 is 0. The van der Waals surface area contributed by atoms with Crippen molar-refractivity contribution >= 4 is 5.91 Å². The maximum Gasteiger partial charge on any atom is 0.425 e. The number of hydrogen-bond donors (Lipinski definition) is 0. The van der Waals surface area contributed by atoms with Crippen molar-refractivity contribution in [3.63, 3.8) is 0 Å². The van der Waals surface area contributed by atoms with Crippen LogP contribution in [0.15, 0.2) is 36.4 Å². The van der Waals surface area contributed by atoms with Crippen molar-refractivity contribution in [2.75, 3.05) is 20.2 Å². The van der Waals surface area contributed by atoms with Gasteiger partial charge in [-0.2, -0.15) is 18.4 Å². The second-order valence-corrected chi connectivity index (χ2v) is 6.89. The van der Waals surface area contributed by atoms with E-state index in [1.807, 2.05) is 6.07 Å². The number of carbonyl (C=O) groups is 1. The van der Waals surface area contributed by atoms with E-state index < -0.39 is 18.2 Å². The molecule has 5 nitrogen and oxygen atoms in total. The molecule has 1 aliphatic rings. The van der Waals surface area contributed by atoms with E-state index in [0.29, 0.717) is 13.1 Å². The van der Waals surface area contributed by atoms with Gasteiger partial charge in [-0.1, -0.05) is 12.1 Å². The minimum absolute atomic E-state index is 0.00321. The Kier molecular flexibility index (Phi) is 5.87. The number of alkyl halides is 3. The summed E-state index contributed by atoms with van der Waals surface area (Å²) in [6.45, 7) is 1.41. The van der Waals surface area contributed by atoms with Gasteiger partial charge in [0.2, 0.25) is 0 Å². The number of rotatable bonds is 5. The summed E-state index contributed by atoms with van der Waals surface area (Å²) in [4.78, 5) is 14.5. The molecule has 2 aromatic rings. The van der Waals surface area contributed by atoms with Crippen LogP contribution < -0.4 is 9.47 Å². The molecule has 1 unspecified atom stereocenters. The van der Waals surface area contributed by atoms with Gasteiger partial charge in [0.15, 0.2) is 11.9 Å². The lowest BCUT2D eigenvalue weighted by molar-refractivity contribution is -0.189. The second kappa shape index (κ2) is 8.22. The molecule has 0 radical (unpaired) electrons. The van der Waals surface area contributed by atoms with Crippen LogP contribution in [-0.2, 0) is 0 Å². The van der Waals surface area contributed by atoms with Crippen LogP contribution in [0.4, 0.5) is 17.6 Å². The van der Waals surface area contributed by atoms with Crippen molar-refractivity contribution in [1.82, 2.24) is 4.90 Å². The van der Waals surface area contributed by atoms with Crippen molar-refractivity contribution in [2.24, 2.45) is 0 Å². The quantitative estimate of drug-likeness (QED) is 0.675. The number of carbonyl (C=O) groups excluding carboxylic acids is 1. The molecule has 0 aromatic heterocycles. The van der Waals surface area contributed by atoms with E-state index in [4.69, 9.17) is 9.47 Å². The Bertz CT molecular complexity index is 977. The molecule has 1 heterocycles. The Morgan fingerprint density at radius 1 is 1.20 bits per heavy atom. The Hall–Kier alpha value is -3.28. The van der Waals surface area contributed by atoms with Gasteiger partial charge in [0.05, 0.1) is 12.7 Å². The molecule has 1 amide bonds. The summed E-state index contributed by atoms with van der Waals surface area (Å²) in [5.41, 5.74) is 0.619. The number of halogens is 4. The summed E-state index contributed by atoms with van der Waals surface area (Å²) in [6.07, 6.45) is -6.80. The van der Waals surface area contributed by atoms with Crippen molar-refractivity contribution in [2.45, 2.75) is 25.1 Å². The number of hydrogen-bond acceptors (Lipinski definition) is 4. The van der Waals surface area contributed by atoms with Crippen molar-refractivity contribution in [3.8, 4) is 17.6 Å². The summed E-state index contributed by atoms with van der Waals surface area (Å²) in [5, 5.41) is 9.27. The fourth-order valence-corrected chi connectivity index (χ4v) is 3.17. The predicted octanol–water partition coefficient (Wildman–Crippen LogP) is 4.28. The fourth-order valence-electron chi connectivity index (χ4n) is 3.17. The first-order valence-electron chi connectivity index (χ1n) is 9.05. The monoisotopic (exact) mass is 422 g/mol. The molecule has 30 heavy (non-hydrogen) atoms. The van der Waals surface area contributed by atoms with E-state index in [2.05, 4.69) is 0 Å². The number of amides is 1. The van der Waals surface area contributed by atoms with E-state index in [-0.39, 0.29) is 34.4 Å². The third-order valence-electron chi connectivity index (χ3n) is 4.93. The largest absolute Gasteiger partial charge is 0.494 e. The number of benzene rings is 2. The lowest BCUT2D eigenvalue weighted by Gasteiger charge is -2.40. The van der Waals surface area contributed by atoms with E-state index >= 15 is 0 Å². The van der Waals surface area contributed by atoms with Crippen LogP contribution in [0.3, 0.4) is 0 Å². The lowest BCUT2D eigenvalue weighted by Crippen LogP contribution is -2.48. The number of nitriles is 1. The van der Waals surface area contributed by atoms with Crippen molar-refractivity contribution in [1.29, 1.82) is 5.26 Å². The van der Waals surface area contributed by atoms with Gasteiger partial charge >= 0.3 is 6.18 Å². The minimum Gasteiger partial charge on any atom is -0.494 e. The molecular weight excluding hydrogens is 404 g/mol. The van der Waals surface area contributed by atoms with Gasteiger partial charge in [-0.15, -0.1) is 0 Å². The van der Waals surface area contributed by atoms with Gasteiger partial charge in [-0.25, -0.2) is 4.39 Å². The zero-order valence-electron chi connectivity index (χ0n) is 16.2. The zero-order chi connectivity index (χ0) is 22.1. The van der Waals surface area contributed by atoms with Gasteiger partial charge in [0.25, 0.3) is 5.91 Å². The first-order chi connectivity index (χ1) is 14.2. The van der Waals surface area contributed by atoms with E-state index in [1.165, 1.54) is 30.2 Å². The summed E-state index contributed by atoms with van der Waals surface area (Å²) < 4.78 is 62.2. The first-order valence-corrected chi connectivity index (χ1v) is 9.05. The SMILES string of the molecule is COc1c(C#N)ccc(OC(C)C(F)(F)F)c1C(=O)N1CC(c2ccc(F)cc2)C1. The Morgan fingerprint density at radius 2 is 1.83 bits per heavy atom. The first kappa shape index (κ1) is 21.4. The van der Waals surface area contributed by atoms with Crippen molar-refractivity contribution in [3.05, 3.63) is 58.9 Å². The van der Waals surface area contributed by atoms with Gasteiger partial charge in [-0.3, -0.25) is 4.79 Å². The fraction of sp³-hybridized carbons (Fsp3) is 0.333. The van der Waals surface area contributed by atoms with Gasteiger partial charge < -0.3 is 14.4 Å².